The normalized spacial score (nSPS) is 11.1. The Labute approximate surface area is 198 Å². The van der Waals surface area contributed by atoms with Crippen LogP contribution in [0.3, 0.4) is 0 Å². The fourth-order valence-corrected chi connectivity index (χ4v) is 3.95. The largest absolute Gasteiger partial charge is 0.493 e. The summed E-state index contributed by atoms with van der Waals surface area (Å²) < 4.78 is 12.2. The maximum atomic E-state index is 9.63. The Morgan fingerprint density at radius 2 is 1.73 bits per heavy atom. The van der Waals surface area contributed by atoms with Crippen molar-refractivity contribution >= 4 is 62.4 Å². The minimum atomic E-state index is 0.352. The molecule has 0 fully saturated rings. The molecule has 0 aliphatic carbocycles. The predicted octanol–water partition coefficient (Wildman–Crippen LogP) is 8.06. The van der Waals surface area contributed by atoms with Crippen LogP contribution in [0.2, 0.25) is 15.1 Å². The highest BCUT2D eigenvalue weighted by molar-refractivity contribution is 9.10. The minimum absolute atomic E-state index is 0.352. The number of nitriles is 1. The molecule has 3 aromatic carbocycles. The van der Waals surface area contributed by atoms with E-state index in [1.54, 1.807) is 37.5 Å². The lowest BCUT2D eigenvalue weighted by Crippen LogP contribution is -1.99. The molecule has 7 heteroatoms. The monoisotopic (exact) mass is 521 g/mol. The first-order chi connectivity index (χ1) is 14.4. The van der Waals surface area contributed by atoms with Crippen molar-refractivity contribution in [2.75, 3.05) is 7.11 Å². The van der Waals surface area contributed by atoms with Crippen LogP contribution in [0.4, 0.5) is 0 Å². The van der Waals surface area contributed by atoms with Crippen molar-refractivity contribution in [2.24, 2.45) is 0 Å². The lowest BCUT2D eigenvalue weighted by atomic mass is 10.0. The first-order valence-electron chi connectivity index (χ1n) is 8.73. The van der Waals surface area contributed by atoms with Crippen molar-refractivity contribution in [1.82, 2.24) is 0 Å². The maximum Gasteiger partial charge on any atom is 0.175 e. The summed E-state index contributed by atoms with van der Waals surface area (Å²) in [5, 5.41) is 11.2. The van der Waals surface area contributed by atoms with Gasteiger partial charge >= 0.3 is 0 Å². The number of rotatable bonds is 6. The van der Waals surface area contributed by atoms with Crippen LogP contribution in [0.25, 0.3) is 11.6 Å². The van der Waals surface area contributed by atoms with E-state index < -0.39 is 0 Å². The summed E-state index contributed by atoms with van der Waals surface area (Å²) in [6, 6.07) is 18.3. The van der Waals surface area contributed by atoms with Gasteiger partial charge in [0.15, 0.2) is 11.5 Å². The summed E-state index contributed by atoms with van der Waals surface area (Å²) in [5.41, 5.74) is 2.73. The third kappa shape index (κ3) is 5.50. The molecule has 0 saturated carbocycles. The molecule has 0 heterocycles. The van der Waals surface area contributed by atoms with Crippen molar-refractivity contribution in [3.63, 3.8) is 0 Å². The summed E-state index contributed by atoms with van der Waals surface area (Å²) >= 11 is 21.7. The fourth-order valence-electron chi connectivity index (χ4n) is 2.74. The van der Waals surface area contributed by atoms with Crippen molar-refractivity contribution < 1.29 is 9.47 Å². The average molecular weight is 524 g/mol. The molecule has 3 rings (SSSR count). The van der Waals surface area contributed by atoms with Crippen LogP contribution < -0.4 is 9.47 Å². The number of hydrogen-bond acceptors (Lipinski definition) is 3. The summed E-state index contributed by atoms with van der Waals surface area (Å²) in [7, 11) is 1.56. The van der Waals surface area contributed by atoms with Gasteiger partial charge in [-0.15, -0.1) is 0 Å². The summed E-state index contributed by atoms with van der Waals surface area (Å²) in [6.45, 7) is 0.352. The Morgan fingerprint density at radius 1 is 1.03 bits per heavy atom. The number of methoxy groups -OCH3 is 1. The Kier molecular flexibility index (Phi) is 7.69. The summed E-state index contributed by atoms with van der Waals surface area (Å²) in [6.07, 6.45) is 1.73. The van der Waals surface area contributed by atoms with Crippen LogP contribution >= 0.6 is 50.7 Å². The van der Waals surface area contributed by atoms with Gasteiger partial charge in [0.25, 0.3) is 0 Å². The molecule has 0 aromatic heterocycles. The number of hydrogen-bond donors (Lipinski definition) is 0. The van der Waals surface area contributed by atoms with Crippen molar-refractivity contribution in [3.8, 4) is 17.6 Å². The number of ether oxygens (including phenoxy) is 2. The van der Waals surface area contributed by atoms with E-state index in [9.17, 15) is 5.26 Å². The summed E-state index contributed by atoms with van der Waals surface area (Å²) in [5.74, 6) is 1.09. The van der Waals surface area contributed by atoms with Crippen LogP contribution in [0.5, 0.6) is 11.5 Å². The van der Waals surface area contributed by atoms with E-state index in [0.29, 0.717) is 48.8 Å². The number of benzene rings is 3. The third-order valence-corrected chi connectivity index (χ3v) is 5.59. The van der Waals surface area contributed by atoms with E-state index in [1.807, 2.05) is 30.3 Å². The molecule has 0 aliphatic rings. The molecule has 0 amide bonds. The molecule has 0 radical (unpaired) electrons. The highest BCUT2D eigenvalue weighted by atomic mass is 79.9. The molecule has 152 valence electrons. The van der Waals surface area contributed by atoms with Crippen molar-refractivity contribution in [2.45, 2.75) is 6.61 Å². The molecular formula is C23H15BrCl3NO2. The molecule has 0 bridgehead atoms. The highest BCUT2D eigenvalue weighted by Crippen LogP contribution is 2.38. The van der Waals surface area contributed by atoms with Gasteiger partial charge in [0.05, 0.1) is 28.2 Å². The first kappa shape index (κ1) is 22.5. The standard InChI is InChI=1S/C23H15BrCl3NO2/c1-29-22-10-15(8-16(12-28)19-7-6-18(26)11-21(19)27)9-20(24)23(22)30-13-14-2-4-17(25)5-3-14/h2-11H,13H2,1H3/b16-8+. The van der Waals surface area contributed by atoms with Gasteiger partial charge in [-0.3, -0.25) is 0 Å². The smallest absolute Gasteiger partial charge is 0.175 e. The topological polar surface area (TPSA) is 42.2 Å². The molecule has 3 nitrogen and oxygen atoms in total. The van der Waals surface area contributed by atoms with Crippen molar-refractivity contribution in [1.29, 1.82) is 5.26 Å². The number of allylic oxidation sites excluding steroid dienone is 1. The quantitative estimate of drug-likeness (QED) is 0.242. The zero-order valence-electron chi connectivity index (χ0n) is 15.8. The van der Waals surface area contributed by atoms with E-state index in [1.165, 1.54) is 0 Å². The lowest BCUT2D eigenvalue weighted by Gasteiger charge is -2.14. The Hall–Kier alpha value is -2.16. The van der Waals surface area contributed by atoms with Crippen LogP contribution in [-0.2, 0) is 6.61 Å². The fraction of sp³-hybridized carbons (Fsp3) is 0.0870. The van der Waals surface area contributed by atoms with Gasteiger partial charge < -0.3 is 9.47 Å². The van der Waals surface area contributed by atoms with E-state index in [2.05, 4.69) is 22.0 Å². The minimum Gasteiger partial charge on any atom is -0.493 e. The van der Waals surface area contributed by atoms with E-state index in [0.717, 1.165) is 11.1 Å². The van der Waals surface area contributed by atoms with Gasteiger partial charge in [-0.05, 0) is 69.5 Å². The molecule has 0 saturated heterocycles. The summed E-state index contributed by atoms with van der Waals surface area (Å²) in [4.78, 5) is 0. The van der Waals surface area contributed by atoms with Crippen LogP contribution in [0.1, 0.15) is 16.7 Å². The SMILES string of the molecule is COc1cc(/C=C(\C#N)c2ccc(Cl)cc2Cl)cc(Br)c1OCc1ccc(Cl)cc1. The molecule has 0 N–H and O–H groups in total. The average Bonchev–Trinajstić information content (AvgIpc) is 2.72. The highest BCUT2D eigenvalue weighted by Gasteiger charge is 2.13. The molecule has 0 aliphatic heterocycles. The van der Waals surface area contributed by atoms with Gasteiger partial charge in [-0.1, -0.05) is 53.0 Å². The van der Waals surface area contributed by atoms with Gasteiger partial charge in [-0.25, -0.2) is 0 Å². The van der Waals surface area contributed by atoms with Crippen LogP contribution in [-0.4, -0.2) is 7.11 Å². The van der Waals surface area contributed by atoms with E-state index in [-0.39, 0.29) is 0 Å². The third-order valence-electron chi connectivity index (χ3n) is 4.20. The second kappa shape index (κ2) is 10.2. The van der Waals surface area contributed by atoms with Gasteiger partial charge in [-0.2, -0.15) is 5.26 Å². The Morgan fingerprint density at radius 3 is 2.37 bits per heavy atom. The van der Waals surface area contributed by atoms with Gasteiger partial charge in [0.1, 0.15) is 6.61 Å². The second-order valence-corrected chi connectivity index (χ2v) is 8.38. The Balaban J connectivity index is 1.91. The molecule has 0 spiro atoms. The first-order valence-corrected chi connectivity index (χ1v) is 10.7. The van der Waals surface area contributed by atoms with Crippen molar-refractivity contribution in [3.05, 3.63) is 90.8 Å². The zero-order chi connectivity index (χ0) is 21.7. The van der Waals surface area contributed by atoms with Crippen LogP contribution in [0.15, 0.2) is 59.1 Å². The van der Waals surface area contributed by atoms with Gasteiger partial charge in [0.2, 0.25) is 0 Å². The van der Waals surface area contributed by atoms with Crippen LogP contribution in [0, 0.1) is 11.3 Å². The van der Waals surface area contributed by atoms with E-state index >= 15 is 0 Å². The number of nitrogens with zero attached hydrogens (tertiary/aromatic N) is 1. The van der Waals surface area contributed by atoms with Gasteiger partial charge in [0, 0.05) is 15.6 Å². The second-order valence-electron chi connectivity index (χ2n) is 6.24. The number of halogens is 4. The molecule has 0 atom stereocenters. The molecule has 30 heavy (non-hydrogen) atoms. The molecule has 3 aromatic rings. The predicted molar refractivity (Wildman–Crippen MR) is 126 cm³/mol. The lowest BCUT2D eigenvalue weighted by molar-refractivity contribution is 0.282. The zero-order valence-corrected chi connectivity index (χ0v) is 19.6. The Bertz CT molecular complexity index is 1140. The van der Waals surface area contributed by atoms with E-state index in [4.69, 9.17) is 44.3 Å². The molecule has 0 unspecified atom stereocenters. The maximum absolute atomic E-state index is 9.63. The molecular weight excluding hydrogens is 509 g/mol.